The molecule has 0 aromatic heterocycles. The van der Waals surface area contributed by atoms with Crippen LogP contribution in [-0.4, -0.2) is 47.6 Å². The van der Waals surface area contributed by atoms with Gasteiger partial charge in [-0.25, -0.2) is 0 Å². The molecule has 19 heavy (non-hydrogen) atoms. The van der Waals surface area contributed by atoms with Crippen LogP contribution in [0.1, 0.15) is 52.9 Å². The molecule has 1 N–H and O–H groups in total. The Morgan fingerprint density at radius 2 is 2.00 bits per heavy atom. The Morgan fingerprint density at radius 1 is 1.26 bits per heavy atom. The highest BCUT2D eigenvalue weighted by Gasteiger charge is 2.37. The maximum absolute atomic E-state index is 3.75. The molecule has 2 fully saturated rings. The van der Waals surface area contributed by atoms with Crippen LogP contribution in [0.15, 0.2) is 0 Å². The van der Waals surface area contributed by atoms with Crippen molar-refractivity contribution in [3.05, 3.63) is 0 Å². The SMILES string of the molecule is CCC1CN(C2CCCCC2SC)C(C(C)C)CN1. The van der Waals surface area contributed by atoms with Crippen molar-refractivity contribution in [2.75, 3.05) is 19.3 Å². The summed E-state index contributed by atoms with van der Waals surface area (Å²) in [5.41, 5.74) is 0. The molecule has 1 heterocycles. The van der Waals surface area contributed by atoms with Gasteiger partial charge in [0.05, 0.1) is 0 Å². The number of nitrogens with one attached hydrogen (secondary N) is 1. The summed E-state index contributed by atoms with van der Waals surface area (Å²) in [6.45, 7) is 9.55. The Hall–Kier alpha value is 0.270. The molecule has 4 atom stereocenters. The number of nitrogens with zero attached hydrogens (tertiary/aromatic N) is 1. The lowest BCUT2D eigenvalue weighted by Crippen LogP contribution is -2.63. The fourth-order valence-electron chi connectivity index (χ4n) is 3.86. The predicted octanol–water partition coefficient (Wildman–Crippen LogP) is 3.37. The summed E-state index contributed by atoms with van der Waals surface area (Å²) in [7, 11) is 0. The van der Waals surface area contributed by atoms with Crippen LogP contribution in [0.2, 0.25) is 0 Å². The lowest BCUT2D eigenvalue weighted by atomic mass is 9.88. The fourth-order valence-corrected chi connectivity index (χ4v) is 4.87. The molecule has 4 unspecified atom stereocenters. The quantitative estimate of drug-likeness (QED) is 0.852. The van der Waals surface area contributed by atoms with Crippen molar-refractivity contribution in [2.45, 2.75) is 76.3 Å². The molecule has 1 aliphatic heterocycles. The van der Waals surface area contributed by atoms with E-state index in [4.69, 9.17) is 0 Å². The van der Waals surface area contributed by atoms with Crippen molar-refractivity contribution in [1.82, 2.24) is 10.2 Å². The molecule has 1 saturated carbocycles. The second kappa shape index (κ2) is 7.33. The fraction of sp³-hybridized carbons (Fsp3) is 1.00. The van der Waals surface area contributed by atoms with Gasteiger partial charge in [-0.2, -0.15) is 11.8 Å². The van der Waals surface area contributed by atoms with Crippen molar-refractivity contribution in [3.8, 4) is 0 Å². The standard InChI is InChI=1S/C16H32N2S/c1-5-13-11-18(15(10-17-13)12(2)3)14-8-6-7-9-16(14)19-4/h12-17H,5-11H2,1-4H3. The molecule has 2 rings (SSSR count). The third kappa shape index (κ3) is 3.68. The van der Waals surface area contributed by atoms with Crippen molar-refractivity contribution in [1.29, 1.82) is 0 Å². The monoisotopic (exact) mass is 284 g/mol. The summed E-state index contributed by atoms with van der Waals surface area (Å²) >= 11 is 2.11. The van der Waals surface area contributed by atoms with Gasteiger partial charge < -0.3 is 5.32 Å². The highest BCUT2D eigenvalue weighted by atomic mass is 32.2. The second-order valence-electron chi connectivity index (χ2n) is 6.65. The van der Waals surface area contributed by atoms with Crippen molar-refractivity contribution in [3.63, 3.8) is 0 Å². The van der Waals surface area contributed by atoms with E-state index in [9.17, 15) is 0 Å². The van der Waals surface area contributed by atoms with Gasteiger partial charge in [0, 0.05) is 36.5 Å². The first-order valence-electron chi connectivity index (χ1n) is 8.19. The van der Waals surface area contributed by atoms with Gasteiger partial charge in [0.15, 0.2) is 0 Å². The van der Waals surface area contributed by atoms with Crippen LogP contribution in [0.25, 0.3) is 0 Å². The Bertz CT molecular complexity index is 269. The zero-order valence-electron chi connectivity index (χ0n) is 13.2. The molecule has 112 valence electrons. The zero-order chi connectivity index (χ0) is 13.8. The summed E-state index contributed by atoms with van der Waals surface area (Å²) in [6.07, 6.45) is 9.30. The summed E-state index contributed by atoms with van der Waals surface area (Å²) in [6, 6.07) is 2.27. The van der Waals surface area contributed by atoms with E-state index in [0.717, 1.165) is 23.3 Å². The van der Waals surface area contributed by atoms with Crippen molar-refractivity contribution < 1.29 is 0 Å². The Morgan fingerprint density at radius 3 is 2.63 bits per heavy atom. The summed E-state index contributed by atoms with van der Waals surface area (Å²) in [5, 5.41) is 4.62. The first kappa shape index (κ1) is 15.7. The summed E-state index contributed by atoms with van der Waals surface area (Å²) in [5.74, 6) is 0.759. The Labute approximate surface area is 124 Å². The Kier molecular flexibility index (Phi) is 6.04. The number of piperazine rings is 1. The van der Waals surface area contributed by atoms with E-state index in [0.29, 0.717) is 6.04 Å². The molecule has 1 aliphatic carbocycles. The van der Waals surface area contributed by atoms with E-state index in [1.165, 1.54) is 45.2 Å². The minimum absolute atomic E-state index is 0.708. The molecule has 0 radical (unpaired) electrons. The largest absolute Gasteiger partial charge is 0.311 e. The Balaban J connectivity index is 2.10. The second-order valence-corrected chi connectivity index (χ2v) is 7.72. The lowest BCUT2D eigenvalue weighted by molar-refractivity contribution is 0.0415. The molecule has 0 amide bonds. The molecule has 0 spiro atoms. The topological polar surface area (TPSA) is 15.3 Å². The van der Waals surface area contributed by atoms with E-state index in [1.54, 1.807) is 0 Å². The highest BCUT2D eigenvalue weighted by Crippen LogP contribution is 2.34. The highest BCUT2D eigenvalue weighted by molar-refractivity contribution is 7.99. The first-order chi connectivity index (χ1) is 9.17. The number of thioether (sulfide) groups is 1. The molecular weight excluding hydrogens is 252 g/mol. The lowest BCUT2D eigenvalue weighted by Gasteiger charge is -2.49. The van der Waals surface area contributed by atoms with E-state index in [2.05, 4.69) is 49.0 Å². The molecule has 0 aromatic rings. The molecule has 3 heteroatoms. The van der Waals surface area contributed by atoms with Gasteiger partial charge in [-0.15, -0.1) is 0 Å². The number of rotatable bonds is 4. The smallest absolute Gasteiger partial charge is 0.0247 e. The normalized spacial score (nSPS) is 37.7. The van der Waals surface area contributed by atoms with E-state index >= 15 is 0 Å². The summed E-state index contributed by atoms with van der Waals surface area (Å²) < 4.78 is 0. The van der Waals surface area contributed by atoms with Gasteiger partial charge in [0.2, 0.25) is 0 Å². The predicted molar refractivity (Wildman–Crippen MR) is 87.0 cm³/mol. The van der Waals surface area contributed by atoms with E-state index in [-0.39, 0.29) is 0 Å². The van der Waals surface area contributed by atoms with E-state index < -0.39 is 0 Å². The van der Waals surface area contributed by atoms with Crippen molar-refractivity contribution >= 4 is 11.8 Å². The summed E-state index contributed by atoms with van der Waals surface area (Å²) in [4.78, 5) is 2.88. The van der Waals surface area contributed by atoms with Gasteiger partial charge in [-0.3, -0.25) is 4.90 Å². The van der Waals surface area contributed by atoms with Gasteiger partial charge >= 0.3 is 0 Å². The maximum atomic E-state index is 3.75. The van der Waals surface area contributed by atoms with Crippen LogP contribution in [0.4, 0.5) is 0 Å². The van der Waals surface area contributed by atoms with Crippen LogP contribution in [0.3, 0.4) is 0 Å². The number of hydrogen-bond acceptors (Lipinski definition) is 3. The maximum Gasteiger partial charge on any atom is 0.0247 e. The third-order valence-corrected chi connectivity index (χ3v) is 6.29. The molecule has 1 saturated heterocycles. The van der Waals surface area contributed by atoms with Crippen LogP contribution in [-0.2, 0) is 0 Å². The van der Waals surface area contributed by atoms with Crippen molar-refractivity contribution in [2.24, 2.45) is 5.92 Å². The van der Waals surface area contributed by atoms with Gasteiger partial charge in [0.1, 0.15) is 0 Å². The van der Waals surface area contributed by atoms with Crippen LogP contribution >= 0.6 is 11.8 Å². The average Bonchev–Trinajstić information content (AvgIpc) is 2.46. The van der Waals surface area contributed by atoms with Gasteiger partial charge in [0.25, 0.3) is 0 Å². The molecular formula is C16H32N2S. The first-order valence-corrected chi connectivity index (χ1v) is 9.48. The molecule has 0 aromatic carbocycles. The molecule has 2 nitrogen and oxygen atoms in total. The molecule has 0 bridgehead atoms. The van der Waals surface area contributed by atoms with Gasteiger partial charge in [-0.05, 0) is 31.4 Å². The van der Waals surface area contributed by atoms with Crippen LogP contribution in [0, 0.1) is 5.92 Å². The van der Waals surface area contributed by atoms with E-state index in [1.807, 2.05) is 0 Å². The van der Waals surface area contributed by atoms with Crippen LogP contribution in [0.5, 0.6) is 0 Å². The average molecular weight is 285 g/mol. The van der Waals surface area contributed by atoms with Crippen LogP contribution < -0.4 is 5.32 Å². The zero-order valence-corrected chi connectivity index (χ0v) is 14.0. The van der Waals surface area contributed by atoms with Gasteiger partial charge in [-0.1, -0.05) is 33.6 Å². The minimum atomic E-state index is 0.708. The molecule has 2 aliphatic rings. The third-order valence-electron chi connectivity index (χ3n) is 5.13. The minimum Gasteiger partial charge on any atom is -0.311 e. The number of hydrogen-bond donors (Lipinski definition) is 1.